The van der Waals surface area contributed by atoms with Gasteiger partial charge >= 0.3 is 6.18 Å². The summed E-state index contributed by atoms with van der Waals surface area (Å²) in [6.07, 6.45) is -3.23. The molecule has 0 N–H and O–H groups in total. The highest BCUT2D eigenvalue weighted by Crippen LogP contribution is 2.29. The van der Waals surface area contributed by atoms with Crippen molar-refractivity contribution in [2.75, 3.05) is 0 Å². The second-order valence-corrected chi connectivity index (χ2v) is 3.67. The summed E-state index contributed by atoms with van der Waals surface area (Å²) in [7, 11) is 1.57. The molecule has 2 rings (SSSR count). The predicted octanol–water partition coefficient (Wildman–Crippen LogP) is 1.77. The summed E-state index contributed by atoms with van der Waals surface area (Å²) < 4.78 is 40.4. The quantitative estimate of drug-likeness (QED) is 0.768. The Balaban J connectivity index is 2.92. The Morgan fingerprint density at radius 1 is 1.41 bits per heavy atom. The second-order valence-electron chi connectivity index (χ2n) is 3.67. The number of alkyl halides is 3. The van der Waals surface area contributed by atoms with Gasteiger partial charge in [0.05, 0.1) is 11.8 Å². The van der Waals surface area contributed by atoms with Crippen LogP contribution in [0.1, 0.15) is 12.6 Å². The van der Waals surface area contributed by atoms with Crippen molar-refractivity contribution in [2.24, 2.45) is 7.05 Å². The number of fused-ring (bicyclic) bond motifs is 1. The number of imidazole rings is 1. The van der Waals surface area contributed by atoms with Gasteiger partial charge in [-0.1, -0.05) is 0 Å². The minimum Gasteiger partial charge on any atom is -0.329 e. The third kappa shape index (κ3) is 1.71. The van der Waals surface area contributed by atoms with E-state index < -0.39 is 17.4 Å². The van der Waals surface area contributed by atoms with Gasteiger partial charge in [0.15, 0.2) is 0 Å². The molecule has 0 spiro atoms. The Bertz CT molecular complexity index is 624. The van der Waals surface area contributed by atoms with Gasteiger partial charge in [0.1, 0.15) is 11.2 Å². The summed E-state index contributed by atoms with van der Waals surface area (Å²) in [5.41, 5.74) is -1.39. The van der Waals surface area contributed by atoms with Crippen LogP contribution in [0.2, 0.25) is 0 Å². The number of aryl methyl sites for hydroxylation is 1. The minimum absolute atomic E-state index is 0.0329. The summed E-state index contributed by atoms with van der Waals surface area (Å²) >= 11 is 0. The zero-order valence-corrected chi connectivity index (χ0v) is 9.25. The first kappa shape index (κ1) is 11.7. The molecule has 0 amide bonds. The molecule has 0 aliphatic rings. The number of aromatic nitrogens is 3. The lowest BCUT2D eigenvalue weighted by Gasteiger charge is -2.13. The standard InChI is InChI=1S/C10H10F3N3O/c1-3-16-7(10(11,12)13)4-6-8(9(16)17)15(2)5-14-6/h4-5H,3H2,1-2H3. The molecular weight excluding hydrogens is 235 g/mol. The van der Waals surface area contributed by atoms with E-state index in [1.807, 2.05) is 0 Å². The van der Waals surface area contributed by atoms with Gasteiger partial charge in [-0.25, -0.2) is 4.98 Å². The van der Waals surface area contributed by atoms with Crippen molar-refractivity contribution in [3.05, 3.63) is 28.4 Å². The van der Waals surface area contributed by atoms with Crippen LogP contribution in [0.5, 0.6) is 0 Å². The lowest BCUT2D eigenvalue weighted by Crippen LogP contribution is -2.28. The molecule has 0 saturated heterocycles. The fourth-order valence-corrected chi connectivity index (χ4v) is 1.81. The highest BCUT2D eigenvalue weighted by Gasteiger charge is 2.35. The molecule has 2 aromatic heterocycles. The zero-order valence-electron chi connectivity index (χ0n) is 9.25. The topological polar surface area (TPSA) is 39.8 Å². The second kappa shape index (κ2) is 3.61. The molecule has 17 heavy (non-hydrogen) atoms. The Labute approximate surface area is 94.3 Å². The minimum atomic E-state index is -4.55. The van der Waals surface area contributed by atoms with E-state index in [9.17, 15) is 18.0 Å². The van der Waals surface area contributed by atoms with E-state index in [2.05, 4.69) is 4.98 Å². The van der Waals surface area contributed by atoms with Gasteiger partial charge in [-0.2, -0.15) is 13.2 Å². The molecule has 0 atom stereocenters. The summed E-state index contributed by atoms with van der Waals surface area (Å²) in [5, 5.41) is 0. The third-order valence-electron chi connectivity index (χ3n) is 2.58. The van der Waals surface area contributed by atoms with Gasteiger partial charge in [0.25, 0.3) is 5.56 Å². The molecule has 0 bridgehead atoms. The van der Waals surface area contributed by atoms with Crippen molar-refractivity contribution in [3.63, 3.8) is 0 Å². The number of pyridine rings is 1. The average molecular weight is 245 g/mol. The molecule has 0 aliphatic heterocycles. The van der Waals surface area contributed by atoms with Crippen LogP contribution in [-0.4, -0.2) is 14.1 Å². The Hall–Kier alpha value is -1.79. The van der Waals surface area contributed by atoms with Crippen LogP contribution in [0.4, 0.5) is 13.2 Å². The average Bonchev–Trinajstić information content (AvgIpc) is 2.59. The van der Waals surface area contributed by atoms with Crippen LogP contribution in [0.15, 0.2) is 17.2 Å². The van der Waals surface area contributed by atoms with Crippen LogP contribution in [-0.2, 0) is 19.8 Å². The summed E-state index contributed by atoms with van der Waals surface area (Å²) in [6.45, 7) is 1.47. The van der Waals surface area contributed by atoms with E-state index in [0.717, 1.165) is 6.07 Å². The summed E-state index contributed by atoms with van der Waals surface area (Å²) in [4.78, 5) is 15.7. The molecule has 0 aromatic carbocycles. The molecule has 92 valence electrons. The predicted molar refractivity (Wildman–Crippen MR) is 55.7 cm³/mol. The first-order chi connectivity index (χ1) is 7.86. The highest BCUT2D eigenvalue weighted by atomic mass is 19.4. The smallest absolute Gasteiger partial charge is 0.329 e. The first-order valence-corrected chi connectivity index (χ1v) is 4.98. The van der Waals surface area contributed by atoms with Crippen molar-refractivity contribution in [1.29, 1.82) is 0 Å². The molecule has 0 fully saturated rings. The van der Waals surface area contributed by atoms with Gasteiger partial charge in [-0.3, -0.25) is 4.79 Å². The van der Waals surface area contributed by atoms with Gasteiger partial charge in [-0.05, 0) is 13.0 Å². The number of halogens is 3. The maximum absolute atomic E-state index is 12.8. The monoisotopic (exact) mass is 245 g/mol. The Kier molecular flexibility index (Phi) is 2.48. The van der Waals surface area contributed by atoms with Crippen LogP contribution in [0.25, 0.3) is 11.0 Å². The molecule has 0 unspecified atom stereocenters. The van der Waals surface area contributed by atoms with Gasteiger partial charge < -0.3 is 9.13 Å². The SMILES string of the molecule is CCn1c(C(F)(F)F)cc2ncn(C)c2c1=O. The maximum Gasteiger partial charge on any atom is 0.431 e. The van der Waals surface area contributed by atoms with Gasteiger partial charge in [0.2, 0.25) is 0 Å². The fraction of sp³-hybridized carbons (Fsp3) is 0.400. The third-order valence-corrected chi connectivity index (χ3v) is 2.58. The molecule has 2 aromatic rings. The van der Waals surface area contributed by atoms with Crippen LogP contribution in [0, 0.1) is 0 Å². The van der Waals surface area contributed by atoms with Crippen LogP contribution < -0.4 is 5.56 Å². The van der Waals surface area contributed by atoms with E-state index in [0.29, 0.717) is 4.57 Å². The largest absolute Gasteiger partial charge is 0.431 e. The van der Waals surface area contributed by atoms with Crippen molar-refractivity contribution >= 4 is 11.0 Å². The zero-order chi connectivity index (χ0) is 12.8. The van der Waals surface area contributed by atoms with Crippen LogP contribution in [0.3, 0.4) is 0 Å². The molecule has 7 heteroatoms. The molecule has 0 saturated carbocycles. The van der Waals surface area contributed by atoms with Crippen molar-refractivity contribution in [2.45, 2.75) is 19.6 Å². The van der Waals surface area contributed by atoms with E-state index in [1.54, 1.807) is 7.05 Å². The van der Waals surface area contributed by atoms with Crippen molar-refractivity contribution < 1.29 is 13.2 Å². The summed E-state index contributed by atoms with van der Waals surface area (Å²) in [6, 6.07) is 0.903. The van der Waals surface area contributed by atoms with E-state index >= 15 is 0 Å². The number of hydrogen-bond acceptors (Lipinski definition) is 2. The molecule has 0 aliphatic carbocycles. The van der Waals surface area contributed by atoms with E-state index in [-0.39, 0.29) is 17.6 Å². The Morgan fingerprint density at radius 3 is 2.59 bits per heavy atom. The first-order valence-electron chi connectivity index (χ1n) is 4.98. The van der Waals surface area contributed by atoms with Crippen LogP contribution >= 0.6 is 0 Å². The molecule has 0 radical (unpaired) electrons. The number of rotatable bonds is 1. The Morgan fingerprint density at radius 2 is 2.06 bits per heavy atom. The molecular formula is C10H10F3N3O. The van der Waals surface area contributed by atoms with Crippen molar-refractivity contribution in [1.82, 2.24) is 14.1 Å². The van der Waals surface area contributed by atoms with Gasteiger partial charge in [-0.15, -0.1) is 0 Å². The van der Waals surface area contributed by atoms with E-state index in [4.69, 9.17) is 0 Å². The van der Waals surface area contributed by atoms with E-state index in [1.165, 1.54) is 17.8 Å². The lowest BCUT2D eigenvalue weighted by atomic mass is 10.3. The highest BCUT2D eigenvalue weighted by molar-refractivity contribution is 5.74. The summed E-state index contributed by atoms with van der Waals surface area (Å²) in [5.74, 6) is 0. The molecule has 2 heterocycles. The number of nitrogens with zero attached hydrogens (tertiary/aromatic N) is 3. The fourth-order valence-electron chi connectivity index (χ4n) is 1.81. The van der Waals surface area contributed by atoms with Gasteiger partial charge in [0, 0.05) is 13.6 Å². The normalized spacial score (nSPS) is 12.3. The lowest BCUT2D eigenvalue weighted by molar-refractivity contribution is -0.144. The maximum atomic E-state index is 12.8. The van der Waals surface area contributed by atoms with Crippen molar-refractivity contribution in [3.8, 4) is 0 Å². The number of hydrogen-bond donors (Lipinski definition) is 0. The molecule has 4 nitrogen and oxygen atoms in total.